The number of ether oxygens (including phenoxy) is 1. The van der Waals surface area contributed by atoms with Gasteiger partial charge in [-0.2, -0.15) is 5.10 Å². The number of likely N-dealkylation sites (tertiary alicyclic amines) is 1. The lowest BCUT2D eigenvalue weighted by atomic mass is 9.98. The van der Waals surface area contributed by atoms with Gasteiger partial charge in [-0.3, -0.25) is 0 Å². The fourth-order valence-corrected chi connectivity index (χ4v) is 3.49. The molecule has 1 aliphatic rings. The van der Waals surface area contributed by atoms with Crippen LogP contribution in [0.1, 0.15) is 30.3 Å². The number of hydrogen-bond acceptors (Lipinski definition) is 6. The molecule has 3 rings (SSSR count). The number of aliphatic hydroxyl groups excluding tert-OH is 1. The Kier molecular flexibility index (Phi) is 6.23. The molecule has 2 aromatic rings. The molecule has 1 saturated heterocycles. The second-order valence-corrected chi connectivity index (χ2v) is 6.90. The van der Waals surface area contributed by atoms with Gasteiger partial charge in [-0.25, -0.2) is 9.67 Å². The molecule has 0 spiro atoms. The number of β-amino-alcohol motifs (C(OH)–C–C–N with tert-alkyl or cyclic N) is 1. The van der Waals surface area contributed by atoms with Crippen molar-refractivity contribution in [2.45, 2.75) is 45.9 Å². The fraction of sp³-hybridized carbons (Fsp3) is 0.667. The van der Waals surface area contributed by atoms with Crippen molar-refractivity contribution in [2.24, 2.45) is 5.92 Å². The Labute approximate surface area is 148 Å². The SMILES string of the molecule is Cc1nc(C)n(C[C@@H]2CCCN(C[C@@H](O)COCc3ccco3)C2)n1. The van der Waals surface area contributed by atoms with Gasteiger partial charge in [-0.15, -0.1) is 0 Å². The van der Waals surface area contributed by atoms with Crippen molar-refractivity contribution in [3.63, 3.8) is 0 Å². The summed E-state index contributed by atoms with van der Waals surface area (Å²) in [5, 5.41) is 14.7. The van der Waals surface area contributed by atoms with Crippen LogP contribution >= 0.6 is 0 Å². The van der Waals surface area contributed by atoms with Crippen molar-refractivity contribution >= 4 is 0 Å². The highest BCUT2D eigenvalue weighted by molar-refractivity contribution is 4.96. The molecule has 1 aliphatic heterocycles. The maximum atomic E-state index is 10.2. The van der Waals surface area contributed by atoms with E-state index < -0.39 is 6.10 Å². The van der Waals surface area contributed by atoms with E-state index in [1.807, 2.05) is 30.7 Å². The third-order valence-electron chi connectivity index (χ3n) is 4.60. The standard InChI is InChI=1S/C18H28N4O3/c1-14-19-15(2)22(20-14)10-16-5-3-7-21(9-16)11-17(23)12-24-13-18-6-4-8-25-18/h4,6,8,16-17,23H,3,5,7,9-13H2,1-2H3/t16-,17-/m1/s1. The van der Waals surface area contributed by atoms with Crippen molar-refractivity contribution in [1.29, 1.82) is 0 Å². The summed E-state index contributed by atoms with van der Waals surface area (Å²) in [6, 6.07) is 3.71. The van der Waals surface area contributed by atoms with Crippen molar-refractivity contribution < 1.29 is 14.3 Å². The van der Waals surface area contributed by atoms with E-state index in [0.29, 0.717) is 25.7 Å². The molecule has 2 atom stereocenters. The Morgan fingerprint density at radius 2 is 2.32 bits per heavy atom. The quantitative estimate of drug-likeness (QED) is 0.784. The molecule has 0 saturated carbocycles. The summed E-state index contributed by atoms with van der Waals surface area (Å²) in [6.45, 7) is 8.20. The monoisotopic (exact) mass is 348 g/mol. The first kappa shape index (κ1) is 18.1. The van der Waals surface area contributed by atoms with E-state index in [4.69, 9.17) is 9.15 Å². The van der Waals surface area contributed by atoms with Crippen molar-refractivity contribution in [2.75, 3.05) is 26.2 Å². The third kappa shape index (κ3) is 5.39. The van der Waals surface area contributed by atoms with Gasteiger partial charge in [-0.1, -0.05) is 0 Å². The molecular formula is C18H28N4O3. The Hall–Kier alpha value is -1.70. The van der Waals surface area contributed by atoms with Gasteiger partial charge >= 0.3 is 0 Å². The summed E-state index contributed by atoms with van der Waals surface area (Å²) in [4.78, 5) is 6.70. The van der Waals surface area contributed by atoms with Gasteiger partial charge < -0.3 is 19.2 Å². The molecule has 0 bridgehead atoms. The van der Waals surface area contributed by atoms with E-state index in [9.17, 15) is 5.11 Å². The molecule has 1 N–H and O–H groups in total. The molecule has 0 amide bonds. The number of piperidine rings is 1. The first-order chi connectivity index (χ1) is 12.1. The maximum Gasteiger partial charge on any atom is 0.147 e. The normalized spacial score (nSPS) is 20.0. The minimum absolute atomic E-state index is 0.323. The predicted molar refractivity (Wildman–Crippen MR) is 93.0 cm³/mol. The molecule has 25 heavy (non-hydrogen) atoms. The highest BCUT2D eigenvalue weighted by Crippen LogP contribution is 2.19. The van der Waals surface area contributed by atoms with Gasteiger partial charge in [0.05, 0.1) is 19.0 Å². The van der Waals surface area contributed by atoms with E-state index in [1.165, 1.54) is 6.42 Å². The molecule has 138 valence electrons. The average molecular weight is 348 g/mol. The van der Waals surface area contributed by atoms with Crippen LogP contribution in [0, 0.1) is 19.8 Å². The average Bonchev–Trinajstić information content (AvgIpc) is 3.18. The lowest BCUT2D eigenvalue weighted by molar-refractivity contribution is -0.00200. The van der Waals surface area contributed by atoms with Crippen molar-refractivity contribution in [1.82, 2.24) is 19.7 Å². The van der Waals surface area contributed by atoms with Crippen LogP contribution in [-0.4, -0.2) is 57.1 Å². The van der Waals surface area contributed by atoms with Crippen LogP contribution in [0.15, 0.2) is 22.8 Å². The smallest absolute Gasteiger partial charge is 0.147 e. The Morgan fingerprint density at radius 1 is 1.44 bits per heavy atom. The second kappa shape index (κ2) is 8.60. The minimum atomic E-state index is -0.482. The van der Waals surface area contributed by atoms with Gasteiger partial charge in [0.2, 0.25) is 0 Å². The number of aryl methyl sites for hydroxylation is 2. The van der Waals surface area contributed by atoms with E-state index >= 15 is 0 Å². The zero-order valence-electron chi connectivity index (χ0n) is 15.1. The van der Waals surface area contributed by atoms with Gasteiger partial charge in [0, 0.05) is 19.6 Å². The third-order valence-corrected chi connectivity index (χ3v) is 4.60. The van der Waals surface area contributed by atoms with E-state index in [2.05, 4.69) is 15.0 Å². The van der Waals surface area contributed by atoms with E-state index in [1.54, 1.807) is 6.26 Å². The number of furan rings is 1. The van der Waals surface area contributed by atoms with Crippen LogP contribution in [-0.2, 0) is 17.9 Å². The van der Waals surface area contributed by atoms with Crippen LogP contribution in [0.5, 0.6) is 0 Å². The number of hydrogen-bond donors (Lipinski definition) is 1. The first-order valence-corrected chi connectivity index (χ1v) is 8.98. The Bertz CT molecular complexity index is 641. The molecule has 0 radical (unpaired) electrons. The maximum absolute atomic E-state index is 10.2. The van der Waals surface area contributed by atoms with Gasteiger partial charge in [0.25, 0.3) is 0 Å². The topological polar surface area (TPSA) is 76.6 Å². The van der Waals surface area contributed by atoms with Gasteiger partial charge in [-0.05, 0) is 51.3 Å². The molecule has 3 heterocycles. The second-order valence-electron chi connectivity index (χ2n) is 6.90. The molecule has 0 aromatic carbocycles. The summed E-state index contributed by atoms with van der Waals surface area (Å²) in [5.41, 5.74) is 0. The Morgan fingerprint density at radius 3 is 3.04 bits per heavy atom. The van der Waals surface area contributed by atoms with Crippen LogP contribution in [0.2, 0.25) is 0 Å². The molecule has 7 heteroatoms. The number of nitrogens with zero attached hydrogens (tertiary/aromatic N) is 4. The zero-order chi connectivity index (χ0) is 17.6. The molecule has 2 aromatic heterocycles. The molecular weight excluding hydrogens is 320 g/mol. The predicted octanol–water partition coefficient (Wildman–Crippen LogP) is 1.78. The Balaban J connectivity index is 1.40. The highest BCUT2D eigenvalue weighted by atomic mass is 16.5. The largest absolute Gasteiger partial charge is 0.467 e. The molecule has 7 nitrogen and oxygen atoms in total. The molecule has 0 unspecified atom stereocenters. The number of aliphatic hydroxyl groups is 1. The number of rotatable bonds is 8. The molecule has 1 fully saturated rings. The summed E-state index contributed by atoms with van der Waals surface area (Å²) in [5.74, 6) is 3.13. The van der Waals surface area contributed by atoms with E-state index in [0.717, 1.165) is 43.5 Å². The summed E-state index contributed by atoms with van der Waals surface area (Å²) in [6.07, 6.45) is 3.49. The van der Waals surface area contributed by atoms with Gasteiger partial charge in [0.15, 0.2) is 0 Å². The van der Waals surface area contributed by atoms with Crippen molar-refractivity contribution in [3.05, 3.63) is 35.8 Å². The van der Waals surface area contributed by atoms with E-state index in [-0.39, 0.29) is 0 Å². The fourth-order valence-electron chi connectivity index (χ4n) is 3.49. The highest BCUT2D eigenvalue weighted by Gasteiger charge is 2.23. The minimum Gasteiger partial charge on any atom is -0.467 e. The molecule has 0 aliphatic carbocycles. The van der Waals surface area contributed by atoms with Crippen molar-refractivity contribution in [3.8, 4) is 0 Å². The number of aromatic nitrogens is 3. The summed E-state index contributed by atoms with van der Waals surface area (Å²) in [7, 11) is 0. The first-order valence-electron chi connectivity index (χ1n) is 8.98. The summed E-state index contributed by atoms with van der Waals surface area (Å²) < 4.78 is 12.8. The van der Waals surface area contributed by atoms with Gasteiger partial charge in [0.1, 0.15) is 24.0 Å². The van der Waals surface area contributed by atoms with Crippen LogP contribution in [0.4, 0.5) is 0 Å². The lowest BCUT2D eigenvalue weighted by Crippen LogP contribution is -2.42. The van der Waals surface area contributed by atoms with Crippen LogP contribution < -0.4 is 0 Å². The zero-order valence-corrected chi connectivity index (χ0v) is 15.1. The lowest BCUT2D eigenvalue weighted by Gasteiger charge is -2.33. The van der Waals surface area contributed by atoms with Crippen LogP contribution in [0.3, 0.4) is 0 Å². The van der Waals surface area contributed by atoms with Crippen LogP contribution in [0.25, 0.3) is 0 Å². The summed E-state index contributed by atoms with van der Waals surface area (Å²) >= 11 is 0.